The number of carbonyl (C=O) groups excluding carboxylic acids is 2. The molecule has 1 aromatic rings. The summed E-state index contributed by atoms with van der Waals surface area (Å²) in [5.41, 5.74) is -0.124. The Balaban J connectivity index is 3.27. The second-order valence-corrected chi connectivity index (χ2v) is 3.87. The molecule has 0 aliphatic heterocycles. The first-order valence-electron chi connectivity index (χ1n) is 5.41. The van der Waals surface area contributed by atoms with Gasteiger partial charge in [-0.1, -0.05) is 16.5 Å². The van der Waals surface area contributed by atoms with Crippen LogP contribution in [0, 0.1) is 5.82 Å². The zero-order chi connectivity index (χ0) is 13.7. The smallest absolute Gasteiger partial charge is 0.220 e. The van der Waals surface area contributed by atoms with E-state index < -0.39 is 5.82 Å². The van der Waals surface area contributed by atoms with Gasteiger partial charge in [0.25, 0.3) is 0 Å². The van der Waals surface area contributed by atoms with Gasteiger partial charge in [-0.15, -0.1) is 0 Å². The molecule has 0 saturated heterocycles. The fraction of sp³-hybridized carbons (Fsp3) is 0.333. The molecule has 0 bridgehead atoms. The number of isocyanates is 1. The molecule has 0 aromatic heterocycles. The Hall–Kier alpha value is -1.55. The molecule has 0 heterocycles. The predicted molar refractivity (Wildman–Crippen MR) is 66.7 cm³/mol. The number of hydrogen-bond donors (Lipinski definition) is 0. The van der Waals surface area contributed by atoms with Gasteiger partial charge in [0.05, 0.1) is 5.02 Å². The molecule has 1 radical (unpaired) electrons. The summed E-state index contributed by atoms with van der Waals surface area (Å²) in [7, 11) is 0. The monoisotopic (exact) mass is 270 g/mol. The van der Waals surface area contributed by atoms with Gasteiger partial charge in [-0.25, -0.2) is 14.0 Å². The maximum atomic E-state index is 13.4. The Morgan fingerprint density at radius 2 is 2.06 bits per heavy atom. The number of carbonyl (C=O) groups is 1. The highest BCUT2D eigenvalue weighted by Gasteiger charge is 2.27. The SMILES string of the molecule is CC[N+](CC)C(=O)c1cc(N=C=O)c(F)cc1Cl. The summed E-state index contributed by atoms with van der Waals surface area (Å²) in [6, 6.07) is 2.12. The van der Waals surface area contributed by atoms with Gasteiger partial charge in [-0.2, -0.15) is 4.99 Å². The number of hydrogen-bond acceptors (Lipinski definition) is 3. The van der Waals surface area contributed by atoms with E-state index in [2.05, 4.69) is 4.99 Å². The largest absolute Gasteiger partial charge is 0.394 e. The second kappa shape index (κ2) is 6.40. The van der Waals surface area contributed by atoms with Gasteiger partial charge in [0, 0.05) is 0 Å². The molecule has 0 aliphatic carbocycles. The van der Waals surface area contributed by atoms with Crippen LogP contribution < -0.4 is 4.90 Å². The van der Waals surface area contributed by atoms with Crippen molar-refractivity contribution in [1.29, 1.82) is 0 Å². The van der Waals surface area contributed by atoms with Crippen LogP contribution in [0.4, 0.5) is 10.1 Å². The predicted octanol–water partition coefficient (Wildman–Crippen LogP) is 2.77. The van der Waals surface area contributed by atoms with E-state index in [0.717, 1.165) is 12.1 Å². The second-order valence-electron chi connectivity index (χ2n) is 3.46. The molecule has 95 valence electrons. The van der Waals surface area contributed by atoms with Crippen LogP contribution in [0.5, 0.6) is 0 Å². The van der Waals surface area contributed by atoms with Crippen LogP contribution in [-0.4, -0.2) is 25.1 Å². The van der Waals surface area contributed by atoms with Gasteiger partial charge in [-0.05, 0) is 26.0 Å². The molecule has 6 heteroatoms. The fourth-order valence-electron chi connectivity index (χ4n) is 1.52. The van der Waals surface area contributed by atoms with Gasteiger partial charge in [0.2, 0.25) is 6.08 Å². The topological polar surface area (TPSA) is 52.4 Å². The molecule has 0 spiro atoms. The molecule has 0 unspecified atom stereocenters. The first-order chi connectivity index (χ1) is 8.54. The van der Waals surface area contributed by atoms with Crippen LogP contribution in [-0.2, 0) is 4.79 Å². The number of halogens is 2. The summed E-state index contributed by atoms with van der Waals surface area (Å²) in [5.74, 6) is -1.09. The highest BCUT2D eigenvalue weighted by Crippen LogP contribution is 2.26. The van der Waals surface area contributed by atoms with Gasteiger partial charge in [-0.3, -0.25) is 0 Å². The molecular formula is C12H12ClFN2O2+. The average molecular weight is 271 g/mol. The molecule has 1 aromatic carbocycles. The Morgan fingerprint density at radius 3 is 2.56 bits per heavy atom. The van der Waals surface area contributed by atoms with Crippen LogP contribution in [0.15, 0.2) is 17.1 Å². The standard InChI is InChI=1S/C12H12ClFN2O2/c1-3-16(4-2)12(18)8-5-11(15-7-17)10(14)6-9(8)13/h5-6H,3-4H2,1-2H3/q+1. The Morgan fingerprint density at radius 1 is 1.44 bits per heavy atom. The summed E-state index contributed by atoms with van der Waals surface area (Å²) < 4.78 is 13.4. The number of nitrogens with zero attached hydrogens (tertiary/aromatic N) is 2. The number of rotatable bonds is 4. The van der Waals surface area contributed by atoms with Gasteiger partial charge < -0.3 is 0 Å². The van der Waals surface area contributed by atoms with Crippen molar-refractivity contribution in [2.45, 2.75) is 13.8 Å². The molecule has 0 N–H and O–H groups in total. The highest BCUT2D eigenvalue weighted by molar-refractivity contribution is 6.34. The Kier molecular flexibility index (Phi) is 5.16. The molecule has 0 fully saturated rings. The zero-order valence-corrected chi connectivity index (χ0v) is 10.8. The number of benzene rings is 1. The maximum Gasteiger partial charge on any atom is 0.394 e. The molecule has 18 heavy (non-hydrogen) atoms. The normalized spacial score (nSPS) is 10.3. The van der Waals surface area contributed by atoms with Crippen molar-refractivity contribution in [3.8, 4) is 0 Å². The van der Waals surface area contributed by atoms with E-state index in [1.165, 1.54) is 11.0 Å². The summed E-state index contributed by atoms with van der Waals surface area (Å²) in [6.07, 6.45) is 1.23. The van der Waals surface area contributed by atoms with Crippen molar-refractivity contribution in [2.24, 2.45) is 4.99 Å². The third-order valence-corrected chi connectivity index (χ3v) is 2.80. The minimum Gasteiger partial charge on any atom is -0.220 e. The van der Waals surface area contributed by atoms with Crippen LogP contribution in [0.1, 0.15) is 24.2 Å². The molecule has 4 nitrogen and oxygen atoms in total. The lowest BCUT2D eigenvalue weighted by Gasteiger charge is -2.07. The van der Waals surface area contributed by atoms with Crippen molar-refractivity contribution >= 4 is 29.3 Å². The van der Waals surface area contributed by atoms with E-state index in [-0.39, 0.29) is 22.2 Å². The third kappa shape index (κ3) is 3.01. The summed E-state index contributed by atoms with van der Waals surface area (Å²) in [4.78, 5) is 27.0. The average Bonchev–Trinajstić information content (AvgIpc) is 2.34. The lowest BCUT2D eigenvalue weighted by Crippen LogP contribution is -2.36. The number of aliphatic imine (C=N–C) groups is 1. The molecule has 0 saturated carbocycles. The van der Waals surface area contributed by atoms with Crippen molar-refractivity contribution in [2.75, 3.05) is 13.1 Å². The fourth-order valence-corrected chi connectivity index (χ4v) is 1.75. The van der Waals surface area contributed by atoms with E-state index in [0.29, 0.717) is 13.1 Å². The van der Waals surface area contributed by atoms with E-state index in [4.69, 9.17) is 11.6 Å². The van der Waals surface area contributed by atoms with Crippen LogP contribution in [0.3, 0.4) is 0 Å². The zero-order valence-electron chi connectivity index (χ0n) is 10.0. The Labute approximate surface area is 109 Å². The first-order valence-corrected chi connectivity index (χ1v) is 5.79. The minimum atomic E-state index is -0.764. The van der Waals surface area contributed by atoms with Gasteiger partial charge in [0.1, 0.15) is 24.3 Å². The van der Waals surface area contributed by atoms with Crippen molar-refractivity contribution in [3.05, 3.63) is 28.5 Å². The molecule has 1 rings (SSSR count). The lowest BCUT2D eigenvalue weighted by molar-refractivity contribution is 0.0874. The molecular weight excluding hydrogens is 259 g/mol. The minimum absolute atomic E-state index is 0.00533. The van der Waals surface area contributed by atoms with E-state index >= 15 is 0 Å². The summed E-state index contributed by atoms with van der Waals surface area (Å²) in [5, 5.41) is -0.00533. The molecule has 0 atom stereocenters. The van der Waals surface area contributed by atoms with Gasteiger partial charge in [0.15, 0.2) is 5.82 Å². The van der Waals surface area contributed by atoms with E-state index in [1.54, 1.807) is 0 Å². The van der Waals surface area contributed by atoms with Crippen molar-refractivity contribution in [3.63, 3.8) is 0 Å². The Bertz CT molecular complexity index is 509. The first kappa shape index (κ1) is 14.5. The lowest BCUT2D eigenvalue weighted by atomic mass is 10.1. The number of amides is 1. The maximum absolute atomic E-state index is 13.4. The highest BCUT2D eigenvalue weighted by atomic mass is 35.5. The van der Waals surface area contributed by atoms with Crippen LogP contribution >= 0.6 is 11.6 Å². The third-order valence-electron chi connectivity index (χ3n) is 2.48. The summed E-state index contributed by atoms with van der Waals surface area (Å²) >= 11 is 5.83. The van der Waals surface area contributed by atoms with Gasteiger partial charge >= 0.3 is 5.91 Å². The summed E-state index contributed by atoms with van der Waals surface area (Å²) in [6.45, 7) is 4.66. The van der Waals surface area contributed by atoms with Crippen molar-refractivity contribution < 1.29 is 14.0 Å². The van der Waals surface area contributed by atoms with E-state index in [1.807, 2.05) is 13.8 Å². The van der Waals surface area contributed by atoms with Crippen molar-refractivity contribution in [1.82, 2.24) is 4.90 Å². The van der Waals surface area contributed by atoms with E-state index in [9.17, 15) is 14.0 Å². The van der Waals surface area contributed by atoms with Crippen LogP contribution in [0.2, 0.25) is 5.02 Å². The van der Waals surface area contributed by atoms with Crippen LogP contribution in [0.25, 0.3) is 0 Å². The molecule has 1 amide bonds. The quantitative estimate of drug-likeness (QED) is 0.480. The molecule has 0 aliphatic rings.